The lowest BCUT2D eigenvalue weighted by Gasteiger charge is -2.21. The summed E-state index contributed by atoms with van der Waals surface area (Å²) in [6.07, 6.45) is 38.7. The minimum absolute atomic E-state index is 0.0987. The van der Waals surface area contributed by atoms with Gasteiger partial charge in [0.2, 0.25) is 0 Å². The second kappa shape index (κ2) is 55.0. The van der Waals surface area contributed by atoms with Gasteiger partial charge in [0.1, 0.15) is 19.3 Å². The quantitative estimate of drug-likeness (QED) is 0.0222. The van der Waals surface area contributed by atoms with Crippen LogP contribution in [-0.4, -0.2) is 96.7 Å². The Balaban J connectivity index is 5.03. The molecule has 2 unspecified atom stereocenters. The van der Waals surface area contributed by atoms with Gasteiger partial charge in [-0.05, 0) is 31.6 Å². The molecule has 0 aliphatic carbocycles. The zero-order chi connectivity index (χ0) is 59.2. The Morgan fingerprint density at radius 1 is 0.338 bits per heavy atom. The van der Waals surface area contributed by atoms with E-state index in [2.05, 4.69) is 34.6 Å². The summed E-state index contributed by atoms with van der Waals surface area (Å²) in [4.78, 5) is 71.5. The maximum absolute atomic E-state index is 12.9. The molecule has 19 heteroatoms. The Morgan fingerprint density at radius 3 is 0.850 bits per heavy atom. The van der Waals surface area contributed by atoms with Gasteiger partial charge < -0.3 is 33.8 Å². The minimum Gasteiger partial charge on any atom is -0.462 e. The first kappa shape index (κ1) is 78.1. The van der Waals surface area contributed by atoms with Gasteiger partial charge in [0, 0.05) is 25.7 Å². The van der Waals surface area contributed by atoms with E-state index in [1.807, 2.05) is 0 Å². The number of ether oxygens (including phenoxy) is 4. The smallest absolute Gasteiger partial charge is 0.462 e. The van der Waals surface area contributed by atoms with Gasteiger partial charge in [0.15, 0.2) is 12.2 Å². The number of aliphatic hydroxyl groups excluding tert-OH is 1. The van der Waals surface area contributed by atoms with Crippen LogP contribution in [0.3, 0.4) is 0 Å². The Morgan fingerprint density at radius 2 is 0.575 bits per heavy atom. The fourth-order valence-electron chi connectivity index (χ4n) is 9.05. The molecule has 0 spiro atoms. The van der Waals surface area contributed by atoms with E-state index in [-0.39, 0.29) is 25.7 Å². The molecule has 80 heavy (non-hydrogen) atoms. The number of rotatable bonds is 61. The second-order valence-corrected chi connectivity index (χ2v) is 25.5. The standard InChI is InChI=1S/C61H118O17P2/c1-6-9-12-15-16-17-18-19-20-21-22-23-24-25-26-27-28-31-37-42-47-61(66)78-57(51-72-59(64)45-40-36-32-29-30-35-38-43-54(4)5)53-76-80(69,70)74-49-55(62)48-73-79(67,68)75-52-56(77-60(65)46-41-34-14-11-8-3)50-71-58(63)44-39-33-13-10-7-2/h54-57,62H,6-53H2,1-5H3,(H,67,68)(H,69,70)/t55-,56+,57+/m0/s1. The third-order valence-corrected chi connectivity index (χ3v) is 15.9. The molecule has 474 valence electrons. The lowest BCUT2D eigenvalue weighted by atomic mass is 10.0. The average Bonchev–Trinajstić information content (AvgIpc) is 3.42. The zero-order valence-electron chi connectivity index (χ0n) is 51.2. The van der Waals surface area contributed by atoms with E-state index in [0.29, 0.717) is 31.6 Å². The van der Waals surface area contributed by atoms with Gasteiger partial charge >= 0.3 is 39.5 Å². The van der Waals surface area contributed by atoms with Crippen LogP contribution in [0.4, 0.5) is 0 Å². The van der Waals surface area contributed by atoms with E-state index < -0.39 is 97.5 Å². The SMILES string of the molecule is CCCCCCCCCCCCCCCCCCCCCCC(=O)O[C@H](COC(=O)CCCCCCCCCC(C)C)COP(=O)(O)OC[C@@H](O)COP(=O)(O)OC[C@@H](COC(=O)CCCCCCC)OC(=O)CCCCCCC. The first-order valence-electron chi connectivity index (χ1n) is 32.1. The van der Waals surface area contributed by atoms with E-state index in [1.54, 1.807) is 0 Å². The lowest BCUT2D eigenvalue weighted by Crippen LogP contribution is -2.30. The summed E-state index contributed by atoms with van der Waals surface area (Å²) in [5.74, 6) is -1.46. The monoisotopic (exact) mass is 1180 g/mol. The van der Waals surface area contributed by atoms with E-state index in [0.717, 1.165) is 103 Å². The highest BCUT2D eigenvalue weighted by Crippen LogP contribution is 2.45. The number of aliphatic hydroxyl groups is 1. The third-order valence-electron chi connectivity index (χ3n) is 14.0. The van der Waals surface area contributed by atoms with Crippen molar-refractivity contribution in [3.05, 3.63) is 0 Å². The van der Waals surface area contributed by atoms with Crippen molar-refractivity contribution in [2.45, 2.75) is 323 Å². The van der Waals surface area contributed by atoms with Crippen molar-refractivity contribution in [2.75, 3.05) is 39.6 Å². The van der Waals surface area contributed by atoms with Gasteiger partial charge in [-0.3, -0.25) is 37.3 Å². The predicted octanol–water partition coefficient (Wildman–Crippen LogP) is 16.6. The highest BCUT2D eigenvalue weighted by molar-refractivity contribution is 7.47. The van der Waals surface area contributed by atoms with Crippen molar-refractivity contribution in [3.8, 4) is 0 Å². The largest absolute Gasteiger partial charge is 0.472 e. The summed E-state index contributed by atoms with van der Waals surface area (Å²) in [5, 5.41) is 10.5. The van der Waals surface area contributed by atoms with Crippen molar-refractivity contribution in [3.63, 3.8) is 0 Å². The molecule has 3 N–H and O–H groups in total. The van der Waals surface area contributed by atoms with Crippen molar-refractivity contribution < 1.29 is 80.2 Å². The third kappa shape index (κ3) is 55.3. The number of hydrogen-bond acceptors (Lipinski definition) is 15. The van der Waals surface area contributed by atoms with E-state index in [1.165, 1.54) is 116 Å². The Hall–Kier alpha value is -1.94. The highest BCUT2D eigenvalue weighted by atomic mass is 31.2. The van der Waals surface area contributed by atoms with Crippen LogP contribution >= 0.6 is 15.6 Å². The Labute approximate surface area is 486 Å². The minimum atomic E-state index is -4.94. The molecular formula is C61H118O17P2. The van der Waals surface area contributed by atoms with Crippen LogP contribution in [-0.2, 0) is 65.4 Å². The number of phosphoric ester groups is 2. The number of phosphoric acid groups is 2. The fraction of sp³-hybridized carbons (Fsp3) is 0.934. The molecule has 0 aromatic heterocycles. The van der Waals surface area contributed by atoms with Crippen LogP contribution in [0.25, 0.3) is 0 Å². The second-order valence-electron chi connectivity index (χ2n) is 22.6. The highest BCUT2D eigenvalue weighted by Gasteiger charge is 2.30. The summed E-state index contributed by atoms with van der Waals surface area (Å²) in [5.41, 5.74) is 0. The van der Waals surface area contributed by atoms with Gasteiger partial charge in [-0.1, -0.05) is 253 Å². The van der Waals surface area contributed by atoms with Gasteiger partial charge in [-0.15, -0.1) is 0 Å². The van der Waals surface area contributed by atoms with Crippen molar-refractivity contribution in [1.29, 1.82) is 0 Å². The van der Waals surface area contributed by atoms with E-state index in [4.69, 9.17) is 37.0 Å². The van der Waals surface area contributed by atoms with Crippen LogP contribution < -0.4 is 0 Å². The van der Waals surface area contributed by atoms with Crippen LogP contribution in [0.5, 0.6) is 0 Å². The normalized spacial score (nSPS) is 14.3. The van der Waals surface area contributed by atoms with Crippen LogP contribution in [0.1, 0.15) is 304 Å². The number of unbranched alkanes of at least 4 members (excludes halogenated alkanes) is 33. The molecule has 0 saturated heterocycles. The fourth-order valence-corrected chi connectivity index (χ4v) is 10.6. The van der Waals surface area contributed by atoms with Gasteiger partial charge in [-0.25, -0.2) is 9.13 Å². The molecular weight excluding hydrogens is 1070 g/mol. The molecule has 0 aromatic carbocycles. The summed E-state index contributed by atoms with van der Waals surface area (Å²) < 4.78 is 67.4. The topological polar surface area (TPSA) is 237 Å². The molecule has 0 rings (SSSR count). The molecule has 0 saturated carbocycles. The van der Waals surface area contributed by atoms with E-state index >= 15 is 0 Å². The summed E-state index contributed by atoms with van der Waals surface area (Å²) in [7, 11) is -9.86. The first-order chi connectivity index (χ1) is 38.5. The number of carbonyl (C=O) groups excluding carboxylic acids is 4. The summed E-state index contributed by atoms with van der Waals surface area (Å²) >= 11 is 0. The Bertz CT molecular complexity index is 1570. The molecule has 0 aliphatic heterocycles. The summed E-state index contributed by atoms with van der Waals surface area (Å²) in [6, 6.07) is 0. The maximum Gasteiger partial charge on any atom is 0.472 e. The van der Waals surface area contributed by atoms with Crippen molar-refractivity contribution in [2.24, 2.45) is 5.92 Å². The molecule has 0 aromatic rings. The van der Waals surface area contributed by atoms with Crippen molar-refractivity contribution >= 4 is 39.5 Å². The van der Waals surface area contributed by atoms with Crippen LogP contribution in [0, 0.1) is 5.92 Å². The van der Waals surface area contributed by atoms with Gasteiger partial charge in [-0.2, -0.15) is 0 Å². The van der Waals surface area contributed by atoms with Crippen LogP contribution in [0.2, 0.25) is 0 Å². The zero-order valence-corrected chi connectivity index (χ0v) is 53.0. The molecule has 5 atom stereocenters. The number of carbonyl (C=O) groups is 4. The predicted molar refractivity (Wildman–Crippen MR) is 317 cm³/mol. The molecule has 0 bridgehead atoms. The maximum atomic E-state index is 12.9. The molecule has 0 aliphatic rings. The molecule has 0 fully saturated rings. The Kier molecular flexibility index (Phi) is 53.6. The molecule has 0 heterocycles. The molecule has 0 amide bonds. The average molecular weight is 1190 g/mol. The molecule has 17 nitrogen and oxygen atoms in total. The summed E-state index contributed by atoms with van der Waals surface area (Å²) in [6.45, 7) is 6.93. The number of esters is 4. The van der Waals surface area contributed by atoms with Crippen LogP contribution in [0.15, 0.2) is 0 Å². The van der Waals surface area contributed by atoms with Crippen molar-refractivity contribution in [1.82, 2.24) is 0 Å². The lowest BCUT2D eigenvalue weighted by molar-refractivity contribution is -0.161. The number of hydrogen-bond donors (Lipinski definition) is 3. The first-order valence-corrected chi connectivity index (χ1v) is 35.1. The van der Waals surface area contributed by atoms with E-state index in [9.17, 15) is 43.2 Å². The van der Waals surface area contributed by atoms with Gasteiger partial charge in [0.25, 0.3) is 0 Å². The van der Waals surface area contributed by atoms with Gasteiger partial charge in [0.05, 0.1) is 26.4 Å². The molecule has 0 radical (unpaired) electrons.